The zero-order valence-corrected chi connectivity index (χ0v) is 10.9. The van der Waals surface area contributed by atoms with Crippen LogP contribution in [0.3, 0.4) is 0 Å². The Kier molecular flexibility index (Phi) is 3.91. The Labute approximate surface area is 100 Å². The molecule has 1 atom stereocenters. The monoisotopic (exact) mass is 225 g/mol. The summed E-state index contributed by atoms with van der Waals surface area (Å²) in [6.07, 6.45) is 7.85. The molecule has 0 spiro atoms. The number of unbranched alkanes of at least 4 members (excludes halogenated alkanes) is 1. The lowest BCUT2D eigenvalue weighted by Crippen LogP contribution is -2.63. The van der Waals surface area contributed by atoms with E-state index in [2.05, 4.69) is 18.7 Å². The van der Waals surface area contributed by atoms with E-state index in [0.29, 0.717) is 5.92 Å². The molecular formula is C14H27NO. The molecule has 1 aliphatic carbocycles. The summed E-state index contributed by atoms with van der Waals surface area (Å²) >= 11 is 0. The van der Waals surface area contributed by atoms with Gasteiger partial charge >= 0.3 is 0 Å². The van der Waals surface area contributed by atoms with E-state index >= 15 is 0 Å². The lowest BCUT2D eigenvalue weighted by molar-refractivity contribution is -0.117. The van der Waals surface area contributed by atoms with Crippen LogP contribution in [-0.4, -0.2) is 35.2 Å². The van der Waals surface area contributed by atoms with E-state index in [1.807, 2.05) is 0 Å². The Morgan fingerprint density at radius 3 is 2.50 bits per heavy atom. The van der Waals surface area contributed by atoms with Crippen LogP contribution in [-0.2, 0) is 0 Å². The largest absolute Gasteiger partial charge is 0.387 e. The van der Waals surface area contributed by atoms with Crippen molar-refractivity contribution >= 4 is 0 Å². The molecule has 16 heavy (non-hydrogen) atoms. The molecule has 1 saturated carbocycles. The van der Waals surface area contributed by atoms with Gasteiger partial charge in [0.25, 0.3) is 0 Å². The van der Waals surface area contributed by atoms with Crippen molar-refractivity contribution in [2.45, 2.75) is 58.0 Å². The molecule has 1 aliphatic heterocycles. The summed E-state index contributed by atoms with van der Waals surface area (Å²) in [7, 11) is 0. The van der Waals surface area contributed by atoms with E-state index in [-0.39, 0.29) is 5.60 Å². The van der Waals surface area contributed by atoms with E-state index in [4.69, 9.17) is 0 Å². The summed E-state index contributed by atoms with van der Waals surface area (Å²) in [6, 6.07) is 0. The third kappa shape index (κ3) is 2.78. The highest BCUT2D eigenvalue weighted by molar-refractivity contribution is 5.05. The molecule has 1 unspecified atom stereocenters. The van der Waals surface area contributed by atoms with Crippen LogP contribution < -0.4 is 0 Å². The van der Waals surface area contributed by atoms with Gasteiger partial charge in [0.15, 0.2) is 0 Å². The second-order valence-corrected chi connectivity index (χ2v) is 5.96. The quantitative estimate of drug-likeness (QED) is 0.720. The van der Waals surface area contributed by atoms with Gasteiger partial charge in [-0.25, -0.2) is 0 Å². The first-order chi connectivity index (χ1) is 7.68. The van der Waals surface area contributed by atoms with Crippen LogP contribution in [0.15, 0.2) is 0 Å². The van der Waals surface area contributed by atoms with Gasteiger partial charge < -0.3 is 5.11 Å². The zero-order valence-electron chi connectivity index (χ0n) is 10.9. The highest BCUT2D eigenvalue weighted by atomic mass is 16.3. The molecule has 1 saturated heterocycles. The summed E-state index contributed by atoms with van der Waals surface area (Å²) in [5.41, 5.74) is -0.289. The molecular weight excluding hydrogens is 198 g/mol. The Hall–Kier alpha value is -0.0800. The summed E-state index contributed by atoms with van der Waals surface area (Å²) < 4.78 is 0. The Balaban J connectivity index is 1.66. The zero-order chi connectivity index (χ0) is 11.6. The molecule has 1 heterocycles. The fourth-order valence-electron chi connectivity index (χ4n) is 3.02. The normalized spacial score (nSPS) is 26.4. The number of rotatable bonds is 7. The van der Waals surface area contributed by atoms with Gasteiger partial charge in [-0.3, -0.25) is 4.90 Å². The number of nitrogens with zero attached hydrogens (tertiary/aromatic N) is 1. The Morgan fingerprint density at radius 2 is 2.00 bits per heavy atom. The summed E-state index contributed by atoms with van der Waals surface area (Å²) in [5, 5.41) is 10.2. The molecule has 0 amide bonds. The third-order valence-corrected chi connectivity index (χ3v) is 4.39. The molecule has 1 N–H and O–H groups in total. The SMILES string of the molecule is CCCCC(CC)CN1CC(O)(C2CC2)C1. The third-order valence-electron chi connectivity index (χ3n) is 4.39. The molecule has 0 aromatic heterocycles. The van der Waals surface area contributed by atoms with Gasteiger partial charge in [0.1, 0.15) is 0 Å². The molecule has 2 fully saturated rings. The second-order valence-electron chi connectivity index (χ2n) is 5.96. The van der Waals surface area contributed by atoms with E-state index in [9.17, 15) is 5.11 Å². The maximum Gasteiger partial charge on any atom is 0.0928 e. The molecule has 0 aromatic carbocycles. The average molecular weight is 225 g/mol. The highest BCUT2D eigenvalue weighted by Gasteiger charge is 2.51. The molecule has 2 rings (SSSR count). The first-order valence-corrected chi connectivity index (χ1v) is 7.12. The highest BCUT2D eigenvalue weighted by Crippen LogP contribution is 2.44. The maximum absolute atomic E-state index is 10.2. The van der Waals surface area contributed by atoms with Crippen LogP contribution in [0, 0.1) is 11.8 Å². The molecule has 0 radical (unpaired) electrons. The van der Waals surface area contributed by atoms with Crippen LogP contribution in [0.5, 0.6) is 0 Å². The van der Waals surface area contributed by atoms with Crippen molar-refractivity contribution in [2.24, 2.45) is 11.8 Å². The smallest absolute Gasteiger partial charge is 0.0928 e. The number of hydrogen-bond donors (Lipinski definition) is 1. The predicted octanol–water partition coefficient (Wildman–Crippen LogP) is 2.66. The van der Waals surface area contributed by atoms with E-state index < -0.39 is 0 Å². The fourth-order valence-corrected chi connectivity index (χ4v) is 3.02. The van der Waals surface area contributed by atoms with Crippen molar-refractivity contribution in [3.05, 3.63) is 0 Å². The molecule has 0 aromatic rings. The predicted molar refractivity (Wildman–Crippen MR) is 67.4 cm³/mol. The Bertz CT molecular complexity index is 219. The minimum Gasteiger partial charge on any atom is -0.387 e. The summed E-state index contributed by atoms with van der Waals surface area (Å²) in [4.78, 5) is 2.46. The topological polar surface area (TPSA) is 23.5 Å². The minimum atomic E-state index is -0.289. The van der Waals surface area contributed by atoms with Crippen molar-refractivity contribution in [3.63, 3.8) is 0 Å². The van der Waals surface area contributed by atoms with Crippen molar-refractivity contribution in [1.29, 1.82) is 0 Å². The number of aliphatic hydroxyl groups is 1. The lowest BCUT2D eigenvalue weighted by atomic mass is 9.87. The molecule has 2 nitrogen and oxygen atoms in total. The van der Waals surface area contributed by atoms with Crippen LogP contribution in [0.1, 0.15) is 52.4 Å². The first-order valence-electron chi connectivity index (χ1n) is 7.12. The molecule has 94 valence electrons. The van der Waals surface area contributed by atoms with Gasteiger partial charge in [-0.05, 0) is 31.1 Å². The van der Waals surface area contributed by atoms with Crippen LogP contribution >= 0.6 is 0 Å². The molecule has 2 aliphatic rings. The summed E-state index contributed by atoms with van der Waals surface area (Å²) in [6.45, 7) is 7.67. The van der Waals surface area contributed by atoms with Crippen molar-refractivity contribution in [2.75, 3.05) is 19.6 Å². The van der Waals surface area contributed by atoms with Crippen LogP contribution in [0.4, 0.5) is 0 Å². The van der Waals surface area contributed by atoms with Gasteiger partial charge in [0, 0.05) is 19.6 Å². The fraction of sp³-hybridized carbons (Fsp3) is 1.00. The number of likely N-dealkylation sites (tertiary alicyclic amines) is 1. The standard InChI is InChI=1S/C14H27NO/c1-3-5-6-12(4-2)9-15-10-14(16,11-15)13-7-8-13/h12-13,16H,3-11H2,1-2H3. The molecule has 2 heteroatoms. The van der Waals surface area contributed by atoms with Crippen LogP contribution in [0.25, 0.3) is 0 Å². The minimum absolute atomic E-state index is 0.289. The number of hydrogen-bond acceptors (Lipinski definition) is 2. The van der Waals surface area contributed by atoms with Gasteiger partial charge in [-0.1, -0.05) is 33.1 Å². The van der Waals surface area contributed by atoms with Gasteiger partial charge in [-0.15, -0.1) is 0 Å². The summed E-state index contributed by atoms with van der Waals surface area (Å²) in [5.74, 6) is 1.49. The average Bonchev–Trinajstić information content (AvgIpc) is 3.04. The van der Waals surface area contributed by atoms with Gasteiger partial charge in [0.05, 0.1) is 5.60 Å². The van der Waals surface area contributed by atoms with Crippen molar-refractivity contribution in [1.82, 2.24) is 4.90 Å². The Morgan fingerprint density at radius 1 is 1.31 bits per heavy atom. The van der Waals surface area contributed by atoms with E-state index in [1.165, 1.54) is 45.1 Å². The second kappa shape index (κ2) is 5.05. The van der Waals surface area contributed by atoms with Crippen molar-refractivity contribution < 1.29 is 5.11 Å². The maximum atomic E-state index is 10.2. The number of β-amino-alcohol motifs (C(OH)–C–C–N with tert-alkyl or cyclic N) is 1. The first kappa shape index (κ1) is 12.4. The molecule has 0 bridgehead atoms. The van der Waals surface area contributed by atoms with Crippen molar-refractivity contribution in [3.8, 4) is 0 Å². The van der Waals surface area contributed by atoms with Gasteiger partial charge in [-0.2, -0.15) is 0 Å². The lowest BCUT2D eigenvalue weighted by Gasteiger charge is -2.48. The van der Waals surface area contributed by atoms with Gasteiger partial charge in [0.2, 0.25) is 0 Å². The van der Waals surface area contributed by atoms with E-state index in [1.54, 1.807) is 0 Å². The van der Waals surface area contributed by atoms with E-state index in [0.717, 1.165) is 19.0 Å². The van der Waals surface area contributed by atoms with Crippen LogP contribution in [0.2, 0.25) is 0 Å².